The maximum Gasteiger partial charge on any atom is 0.293 e. The second kappa shape index (κ2) is 9.75. The number of nitro groups is 1. The van der Waals surface area contributed by atoms with Crippen LogP contribution in [0.4, 0.5) is 10.5 Å². The summed E-state index contributed by atoms with van der Waals surface area (Å²) >= 11 is 0.887. The standard InChI is InChI=1S/C24H19N3O6S/c1-15-5-3-4-6-17(15)14-26-23(28)21(34-24(26)29)12-16-7-9-19(20(11-16)32-2)33-22-10-8-18(13-25-22)27(30)31/h3-13H,14H2,1-2H3/b21-12-. The lowest BCUT2D eigenvalue weighted by Gasteiger charge is -2.14. The van der Waals surface area contributed by atoms with Crippen LogP contribution in [0.25, 0.3) is 6.08 Å². The maximum atomic E-state index is 12.9. The third-order valence-corrected chi connectivity index (χ3v) is 6.00. The molecule has 0 unspecified atom stereocenters. The molecular weight excluding hydrogens is 458 g/mol. The number of benzene rings is 2. The molecule has 10 heteroatoms. The van der Waals surface area contributed by atoms with E-state index in [0.29, 0.717) is 22.0 Å². The Morgan fingerprint density at radius 3 is 2.59 bits per heavy atom. The summed E-state index contributed by atoms with van der Waals surface area (Å²) in [5.41, 5.74) is 2.41. The third-order valence-electron chi connectivity index (χ3n) is 5.09. The van der Waals surface area contributed by atoms with Crippen LogP contribution in [0.3, 0.4) is 0 Å². The Balaban J connectivity index is 1.52. The topological polar surface area (TPSA) is 112 Å². The minimum atomic E-state index is -0.547. The van der Waals surface area contributed by atoms with Gasteiger partial charge >= 0.3 is 0 Å². The van der Waals surface area contributed by atoms with E-state index in [1.54, 1.807) is 24.3 Å². The first-order valence-electron chi connectivity index (χ1n) is 10.1. The molecule has 1 saturated heterocycles. The lowest BCUT2D eigenvalue weighted by Crippen LogP contribution is -2.27. The highest BCUT2D eigenvalue weighted by Crippen LogP contribution is 2.36. The van der Waals surface area contributed by atoms with E-state index < -0.39 is 4.92 Å². The smallest absolute Gasteiger partial charge is 0.293 e. The molecule has 1 aliphatic rings. The van der Waals surface area contributed by atoms with Crippen molar-refractivity contribution in [2.45, 2.75) is 13.5 Å². The van der Waals surface area contributed by atoms with Crippen molar-refractivity contribution < 1.29 is 24.0 Å². The van der Waals surface area contributed by atoms with Gasteiger partial charge in [-0.2, -0.15) is 0 Å². The number of methoxy groups -OCH3 is 1. The van der Waals surface area contributed by atoms with Crippen molar-refractivity contribution in [3.63, 3.8) is 0 Å². The zero-order valence-corrected chi connectivity index (χ0v) is 19.1. The van der Waals surface area contributed by atoms with Crippen molar-refractivity contribution >= 4 is 34.7 Å². The molecule has 0 radical (unpaired) electrons. The summed E-state index contributed by atoms with van der Waals surface area (Å²) in [6.45, 7) is 2.15. The molecule has 0 atom stereocenters. The van der Waals surface area contributed by atoms with Gasteiger partial charge in [0, 0.05) is 12.1 Å². The van der Waals surface area contributed by atoms with Gasteiger partial charge in [0.2, 0.25) is 5.88 Å². The number of carbonyl (C=O) groups is 2. The van der Waals surface area contributed by atoms with Gasteiger partial charge in [0.05, 0.1) is 23.5 Å². The largest absolute Gasteiger partial charge is 0.493 e. The Labute approximate surface area is 199 Å². The molecule has 4 rings (SSSR count). The number of hydrogen-bond acceptors (Lipinski definition) is 8. The van der Waals surface area contributed by atoms with Crippen LogP contribution in [0.15, 0.2) is 65.7 Å². The molecule has 9 nitrogen and oxygen atoms in total. The fraction of sp³-hybridized carbons (Fsp3) is 0.125. The summed E-state index contributed by atoms with van der Waals surface area (Å²) in [4.78, 5) is 41.0. The Hall–Kier alpha value is -4.18. The number of carbonyl (C=O) groups excluding carboxylic acids is 2. The molecule has 1 aromatic heterocycles. The van der Waals surface area contributed by atoms with E-state index in [1.165, 1.54) is 24.1 Å². The van der Waals surface area contributed by atoms with E-state index >= 15 is 0 Å². The van der Waals surface area contributed by atoms with Gasteiger partial charge in [-0.3, -0.25) is 24.6 Å². The molecule has 172 valence electrons. The number of aryl methyl sites for hydroxylation is 1. The van der Waals surface area contributed by atoms with Crippen LogP contribution in [0.1, 0.15) is 16.7 Å². The SMILES string of the molecule is COc1cc(/C=C2\SC(=O)N(Cc3ccccc3C)C2=O)ccc1Oc1ccc([N+](=O)[O-])cn1. The van der Waals surface area contributed by atoms with Crippen molar-refractivity contribution in [2.75, 3.05) is 7.11 Å². The van der Waals surface area contributed by atoms with E-state index in [1.807, 2.05) is 31.2 Å². The van der Waals surface area contributed by atoms with Crippen molar-refractivity contribution in [2.24, 2.45) is 0 Å². The molecule has 0 aliphatic carbocycles. The summed E-state index contributed by atoms with van der Waals surface area (Å²) in [5, 5.41) is 10.4. The van der Waals surface area contributed by atoms with E-state index in [9.17, 15) is 19.7 Å². The number of amides is 2. The normalized spacial score (nSPS) is 14.5. The van der Waals surface area contributed by atoms with E-state index in [-0.39, 0.29) is 29.3 Å². The predicted molar refractivity (Wildman–Crippen MR) is 127 cm³/mol. The van der Waals surface area contributed by atoms with Gasteiger partial charge < -0.3 is 9.47 Å². The number of nitrogens with zero attached hydrogens (tertiary/aromatic N) is 3. The number of ether oxygens (including phenoxy) is 2. The van der Waals surface area contributed by atoms with E-state index in [4.69, 9.17) is 9.47 Å². The number of pyridine rings is 1. The molecular formula is C24H19N3O6S. The van der Waals surface area contributed by atoms with Crippen LogP contribution >= 0.6 is 11.8 Å². The molecule has 2 amide bonds. The molecule has 0 bridgehead atoms. The average Bonchev–Trinajstić information content (AvgIpc) is 3.09. The second-order valence-electron chi connectivity index (χ2n) is 7.32. The van der Waals surface area contributed by atoms with Crippen LogP contribution in [-0.4, -0.2) is 33.1 Å². The van der Waals surface area contributed by atoms with Gasteiger partial charge in [0.1, 0.15) is 6.20 Å². The monoisotopic (exact) mass is 477 g/mol. The van der Waals surface area contributed by atoms with Crippen molar-refractivity contribution in [1.82, 2.24) is 9.88 Å². The summed E-state index contributed by atoms with van der Waals surface area (Å²) in [6.07, 6.45) is 2.72. The number of rotatable bonds is 7. The average molecular weight is 477 g/mol. The molecule has 0 spiro atoms. The first-order valence-corrected chi connectivity index (χ1v) is 10.9. The van der Waals surface area contributed by atoms with Gasteiger partial charge in [-0.15, -0.1) is 0 Å². The fourth-order valence-corrected chi connectivity index (χ4v) is 4.10. The molecule has 2 heterocycles. The number of thioether (sulfide) groups is 1. The van der Waals surface area contributed by atoms with Crippen molar-refractivity contribution in [1.29, 1.82) is 0 Å². The zero-order chi connectivity index (χ0) is 24.2. The van der Waals surface area contributed by atoms with E-state index in [2.05, 4.69) is 4.98 Å². The van der Waals surface area contributed by atoms with Gasteiger partial charge in [-0.05, 0) is 53.6 Å². The number of imide groups is 1. The maximum absolute atomic E-state index is 12.9. The van der Waals surface area contributed by atoms with E-state index in [0.717, 1.165) is 29.1 Å². The Morgan fingerprint density at radius 2 is 1.91 bits per heavy atom. The highest BCUT2D eigenvalue weighted by molar-refractivity contribution is 8.18. The molecule has 0 N–H and O–H groups in total. The summed E-state index contributed by atoms with van der Waals surface area (Å²) in [6, 6.07) is 15.3. The van der Waals surface area contributed by atoms with Crippen LogP contribution in [0.5, 0.6) is 17.4 Å². The molecule has 1 fully saturated rings. The molecule has 34 heavy (non-hydrogen) atoms. The zero-order valence-electron chi connectivity index (χ0n) is 18.3. The van der Waals surface area contributed by atoms with Crippen LogP contribution < -0.4 is 9.47 Å². The summed E-state index contributed by atoms with van der Waals surface area (Å²) < 4.78 is 11.1. The highest BCUT2D eigenvalue weighted by atomic mass is 32.2. The second-order valence-corrected chi connectivity index (χ2v) is 8.31. The fourth-order valence-electron chi connectivity index (χ4n) is 3.26. The van der Waals surface area contributed by atoms with Gasteiger partial charge in [0.15, 0.2) is 11.5 Å². The third kappa shape index (κ3) is 4.91. The first kappa shape index (κ1) is 23.0. The Morgan fingerprint density at radius 1 is 1.12 bits per heavy atom. The lowest BCUT2D eigenvalue weighted by atomic mass is 10.1. The molecule has 3 aromatic rings. The minimum absolute atomic E-state index is 0.147. The minimum Gasteiger partial charge on any atom is -0.493 e. The quantitative estimate of drug-likeness (QED) is 0.255. The van der Waals surface area contributed by atoms with Crippen molar-refractivity contribution in [3.05, 3.63) is 92.5 Å². The Bertz CT molecular complexity index is 1310. The number of hydrogen-bond donors (Lipinski definition) is 0. The van der Waals surface area contributed by atoms with Gasteiger partial charge in [-0.25, -0.2) is 4.98 Å². The van der Waals surface area contributed by atoms with Crippen LogP contribution in [0.2, 0.25) is 0 Å². The van der Waals surface area contributed by atoms with Crippen LogP contribution in [-0.2, 0) is 11.3 Å². The Kier molecular flexibility index (Phi) is 6.60. The highest BCUT2D eigenvalue weighted by Gasteiger charge is 2.35. The summed E-state index contributed by atoms with van der Waals surface area (Å²) in [7, 11) is 1.46. The van der Waals surface area contributed by atoms with Crippen molar-refractivity contribution in [3.8, 4) is 17.4 Å². The first-order chi connectivity index (χ1) is 16.4. The lowest BCUT2D eigenvalue weighted by molar-refractivity contribution is -0.385. The summed E-state index contributed by atoms with van der Waals surface area (Å²) in [5.74, 6) is 0.517. The molecule has 0 saturated carbocycles. The molecule has 1 aliphatic heterocycles. The van der Waals surface area contributed by atoms with Crippen LogP contribution in [0, 0.1) is 17.0 Å². The molecule has 2 aromatic carbocycles. The van der Waals surface area contributed by atoms with Gasteiger partial charge in [0.25, 0.3) is 16.8 Å². The number of aromatic nitrogens is 1. The van der Waals surface area contributed by atoms with Gasteiger partial charge in [-0.1, -0.05) is 30.3 Å². The predicted octanol–water partition coefficient (Wildman–Crippen LogP) is 5.34.